The lowest BCUT2D eigenvalue weighted by atomic mass is 10.0. The van der Waals surface area contributed by atoms with Gasteiger partial charge in [0.25, 0.3) is 0 Å². The van der Waals surface area contributed by atoms with Crippen LogP contribution in [0.5, 0.6) is 0 Å². The Morgan fingerprint density at radius 2 is 0.512 bits per heavy atom. The van der Waals surface area contributed by atoms with Gasteiger partial charge in [0, 0.05) is 12.3 Å². The largest absolute Gasteiger partial charge is 0.289 e. The fraction of sp³-hybridized carbons (Fsp3) is 0.973. The maximum Gasteiger partial charge on any atom is 0.243 e. The minimum absolute atomic E-state index is 0.255. The number of hydrogen-bond acceptors (Lipinski definition) is 2. The van der Waals surface area contributed by atoms with Gasteiger partial charge in [-0.05, 0) is 12.8 Å². The van der Waals surface area contributed by atoms with Crippen LogP contribution in [0.2, 0.25) is 0 Å². The number of rotatable bonds is 36. The molecule has 0 fully saturated rings. The Morgan fingerprint density at radius 1 is 0.341 bits per heavy atom. The Hall–Kier alpha value is -0.280. The van der Waals surface area contributed by atoms with Gasteiger partial charge in [0.2, 0.25) is 5.91 Å². The van der Waals surface area contributed by atoms with Gasteiger partial charge in [0.15, 0.2) is 0 Å². The first-order valence-corrected chi connectivity index (χ1v) is 19.3. The van der Waals surface area contributed by atoms with Crippen LogP contribution in [0.4, 0.5) is 0 Å². The van der Waals surface area contributed by atoms with Crippen molar-refractivity contribution in [3.05, 3.63) is 0 Å². The molecule has 0 aliphatic carbocycles. The number of unbranched alkanes of at least 4 members (excludes halogenated alkanes) is 33. The first kappa shape index (κ1) is 40.7. The lowest BCUT2D eigenvalue weighted by molar-refractivity contribution is -0.129. The maximum atomic E-state index is 10.9. The minimum Gasteiger partial charge on any atom is -0.289 e. The maximum absolute atomic E-state index is 10.9. The molecule has 0 atom stereocenters. The molecule has 0 unspecified atom stereocenters. The van der Waals surface area contributed by atoms with E-state index in [1.54, 1.807) is 5.48 Å². The number of alkyl halides is 1. The Balaban J connectivity index is 3.04. The zero-order valence-corrected chi connectivity index (χ0v) is 28.4. The third-order valence-corrected chi connectivity index (χ3v) is 9.18. The van der Waals surface area contributed by atoms with Crippen molar-refractivity contribution in [1.29, 1.82) is 0 Å². The van der Waals surface area contributed by atoms with Crippen molar-refractivity contribution in [3.8, 4) is 0 Å². The Morgan fingerprint density at radius 3 is 0.683 bits per heavy atom. The third-order valence-electron chi connectivity index (χ3n) is 8.91. The highest BCUT2D eigenvalue weighted by molar-refractivity contribution is 6.17. The first-order valence-electron chi connectivity index (χ1n) is 18.8. The second-order valence-corrected chi connectivity index (χ2v) is 13.4. The summed E-state index contributed by atoms with van der Waals surface area (Å²) in [6.45, 7) is 0. The van der Waals surface area contributed by atoms with Crippen LogP contribution in [0.15, 0.2) is 0 Å². The average Bonchev–Trinajstić information content (AvgIpc) is 2.99. The number of nitrogens with one attached hydrogen (secondary N) is 1. The van der Waals surface area contributed by atoms with Gasteiger partial charge in [0.05, 0.1) is 0 Å². The van der Waals surface area contributed by atoms with E-state index in [1.165, 1.54) is 205 Å². The van der Waals surface area contributed by atoms with E-state index in [0.29, 0.717) is 6.42 Å². The van der Waals surface area contributed by atoms with Crippen molar-refractivity contribution in [2.45, 2.75) is 225 Å². The van der Waals surface area contributed by atoms with E-state index in [9.17, 15) is 4.79 Å². The predicted octanol–water partition coefficient (Wildman–Crippen LogP) is 13.4. The van der Waals surface area contributed by atoms with E-state index in [-0.39, 0.29) is 5.91 Å². The van der Waals surface area contributed by atoms with E-state index in [0.717, 1.165) is 18.7 Å². The zero-order chi connectivity index (χ0) is 29.7. The molecule has 0 aromatic rings. The van der Waals surface area contributed by atoms with Crippen LogP contribution < -0.4 is 5.48 Å². The summed E-state index contributed by atoms with van der Waals surface area (Å²) in [4.78, 5) is 10.9. The molecule has 0 aliphatic heterocycles. The summed E-state index contributed by atoms with van der Waals surface area (Å²) < 4.78 is 0. The van der Waals surface area contributed by atoms with Gasteiger partial charge in [-0.25, -0.2) is 5.48 Å². The van der Waals surface area contributed by atoms with Gasteiger partial charge in [-0.15, -0.1) is 11.6 Å². The van der Waals surface area contributed by atoms with Crippen molar-refractivity contribution in [2.75, 3.05) is 5.88 Å². The molecule has 41 heavy (non-hydrogen) atoms. The van der Waals surface area contributed by atoms with E-state index in [2.05, 4.69) is 0 Å². The molecule has 0 heterocycles. The predicted molar refractivity (Wildman–Crippen MR) is 182 cm³/mol. The summed E-state index contributed by atoms with van der Waals surface area (Å²) >= 11 is 5.73. The lowest BCUT2D eigenvalue weighted by Gasteiger charge is -2.05. The number of carbonyl (C=O) groups excluding carboxylic acids is 1. The summed E-state index contributed by atoms with van der Waals surface area (Å²) in [7, 11) is 0. The van der Waals surface area contributed by atoms with E-state index in [1.807, 2.05) is 0 Å². The van der Waals surface area contributed by atoms with Gasteiger partial charge < -0.3 is 0 Å². The summed E-state index contributed by atoms with van der Waals surface area (Å²) in [5, 5.41) is 8.46. The number of hydroxylamine groups is 1. The van der Waals surface area contributed by atoms with Crippen LogP contribution in [-0.2, 0) is 4.79 Å². The fourth-order valence-electron chi connectivity index (χ4n) is 6.09. The number of hydrogen-bond donors (Lipinski definition) is 2. The number of carbonyl (C=O) groups is 1. The molecule has 0 radical (unpaired) electrons. The molecule has 0 bridgehead atoms. The molecular weight excluding hydrogens is 526 g/mol. The number of amides is 1. The van der Waals surface area contributed by atoms with Gasteiger partial charge in [-0.2, -0.15) is 0 Å². The molecule has 246 valence electrons. The molecule has 4 heteroatoms. The van der Waals surface area contributed by atoms with E-state index < -0.39 is 0 Å². The van der Waals surface area contributed by atoms with Crippen LogP contribution in [0.3, 0.4) is 0 Å². The van der Waals surface area contributed by atoms with Gasteiger partial charge in [-0.1, -0.05) is 205 Å². The molecule has 0 aliphatic rings. The Bertz CT molecular complexity index is 488. The molecule has 0 rings (SSSR count). The zero-order valence-electron chi connectivity index (χ0n) is 27.7. The minimum atomic E-state index is -0.255. The van der Waals surface area contributed by atoms with Crippen LogP contribution in [0.25, 0.3) is 0 Å². The molecule has 2 N–H and O–H groups in total. The lowest BCUT2D eigenvalue weighted by Crippen LogP contribution is -2.17. The summed E-state index contributed by atoms with van der Waals surface area (Å²) in [5.74, 6) is 0.585. The summed E-state index contributed by atoms with van der Waals surface area (Å²) in [6, 6.07) is 0. The molecule has 0 spiro atoms. The molecule has 0 saturated heterocycles. The van der Waals surface area contributed by atoms with Crippen molar-refractivity contribution in [2.24, 2.45) is 0 Å². The van der Waals surface area contributed by atoms with Crippen LogP contribution in [-0.4, -0.2) is 17.0 Å². The van der Waals surface area contributed by atoms with Gasteiger partial charge >= 0.3 is 0 Å². The normalized spacial score (nSPS) is 11.4. The van der Waals surface area contributed by atoms with Crippen molar-refractivity contribution in [3.63, 3.8) is 0 Å². The Kier molecular flexibility index (Phi) is 37.5. The molecule has 0 saturated carbocycles. The SMILES string of the molecule is O=C(CCCCCCCCCCCCCCCCCCCCCCCCCCCCCCCCCCCCCl)NO. The van der Waals surface area contributed by atoms with Gasteiger partial charge in [-0.3, -0.25) is 10.0 Å². The van der Waals surface area contributed by atoms with E-state index >= 15 is 0 Å². The number of halogens is 1. The van der Waals surface area contributed by atoms with E-state index in [4.69, 9.17) is 16.8 Å². The second-order valence-electron chi connectivity index (χ2n) is 13.0. The fourth-order valence-corrected chi connectivity index (χ4v) is 6.28. The van der Waals surface area contributed by atoms with Crippen LogP contribution in [0.1, 0.15) is 225 Å². The van der Waals surface area contributed by atoms with Crippen molar-refractivity contribution in [1.82, 2.24) is 5.48 Å². The topological polar surface area (TPSA) is 49.3 Å². The summed E-state index contributed by atoms with van der Waals surface area (Å²) in [6.07, 6.45) is 47.9. The monoisotopic (exact) mass is 600 g/mol. The third kappa shape index (κ3) is 37.7. The smallest absolute Gasteiger partial charge is 0.243 e. The highest BCUT2D eigenvalue weighted by atomic mass is 35.5. The highest BCUT2D eigenvalue weighted by Gasteiger charge is 1.99. The van der Waals surface area contributed by atoms with Gasteiger partial charge in [0.1, 0.15) is 0 Å². The average molecular weight is 600 g/mol. The van der Waals surface area contributed by atoms with Crippen LogP contribution in [0, 0.1) is 0 Å². The van der Waals surface area contributed by atoms with Crippen molar-refractivity contribution < 1.29 is 10.0 Å². The molecular formula is C37H74ClNO2. The molecule has 1 amide bonds. The molecule has 3 nitrogen and oxygen atoms in total. The highest BCUT2D eigenvalue weighted by Crippen LogP contribution is 2.17. The van der Waals surface area contributed by atoms with Crippen molar-refractivity contribution >= 4 is 17.5 Å². The quantitative estimate of drug-likeness (QED) is 0.0325. The standard InChI is InChI=1S/C37H74ClNO2/c38-36-34-32-30-28-26-24-22-20-18-16-14-12-10-8-6-4-2-1-3-5-7-9-11-13-15-17-19-21-23-25-27-29-31-33-35-37(40)39-41/h41H,1-36H2,(H,39,40). The van der Waals surface area contributed by atoms with Crippen LogP contribution >= 0.6 is 11.6 Å². The first-order chi connectivity index (χ1) is 20.3. The molecule has 0 aromatic heterocycles. The second kappa shape index (κ2) is 37.7. The summed E-state index contributed by atoms with van der Waals surface area (Å²) in [5.41, 5.74) is 1.70. The molecule has 0 aromatic carbocycles. The Labute approximate surface area is 263 Å².